The molecule has 0 aliphatic heterocycles. The number of ether oxygens (including phenoxy) is 3. The molecule has 0 aliphatic carbocycles. The van der Waals surface area contributed by atoms with Crippen LogP contribution in [0.2, 0.25) is 0 Å². The highest BCUT2D eigenvalue weighted by atomic mass is 35.5. The minimum absolute atomic E-state index is 0.237. The van der Waals surface area contributed by atoms with Gasteiger partial charge < -0.3 is 14.2 Å². The molecule has 0 N–H and O–H groups in total. The molecule has 0 atom stereocenters. The lowest BCUT2D eigenvalue weighted by Gasteiger charge is -2.11. The van der Waals surface area contributed by atoms with Crippen LogP contribution in [-0.4, -0.2) is 32.2 Å². The van der Waals surface area contributed by atoms with Gasteiger partial charge in [-0.25, -0.2) is 0 Å². The molecule has 0 saturated carbocycles. The Morgan fingerprint density at radius 3 is 2.78 bits per heavy atom. The van der Waals surface area contributed by atoms with E-state index < -0.39 is 5.24 Å². The van der Waals surface area contributed by atoms with Crippen LogP contribution in [0.15, 0.2) is 18.2 Å². The van der Waals surface area contributed by atoms with Crippen molar-refractivity contribution in [1.29, 1.82) is 0 Å². The fraction of sp³-hybridized carbons (Fsp3) is 0.308. The second-order valence-corrected chi connectivity index (χ2v) is 3.59. The van der Waals surface area contributed by atoms with Crippen molar-refractivity contribution in [2.24, 2.45) is 0 Å². The number of methoxy groups -OCH3 is 1. The van der Waals surface area contributed by atoms with E-state index in [0.717, 1.165) is 0 Å². The zero-order valence-electron chi connectivity index (χ0n) is 9.94. The van der Waals surface area contributed by atoms with E-state index in [1.165, 1.54) is 13.2 Å². The third kappa shape index (κ3) is 4.28. The maximum Gasteiger partial charge on any atom is 0.252 e. The summed E-state index contributed by atoms with van der Waals surface area (Å²) in [7, 11) is 1.51. The van der Waals surface area contributed by atoms with Crippen molar-refractivity contribution in [1.82, 2.24) is 0 Å². The highest BCUT2D eigenvalue weighted by molar-refractivity contribution is 6.67. The normalized spacial score (nSPS) is 9.61. The average molecular weight is 269 g/mol. The van der Waals surface area contributed by atoms with Crippen molar-refractivity contribution in [3.8, 4) is 23.8 Å². The predicted octanol–water partition coefficient (Wildman–Crippen LogP) is 2.10. The van der Waals surface area contributed by atoms with E-state index in [1.807, 2.05) is 0 Å². The summed E-state index contributed by atoms with van der Waals surface area (Å²) >= 11 is 5.39. The largest absolute Gasteiger partial charge is 0.493 e. The van der Waals surface area contributed by atoms with Crippen molar-refractivity contribution < 1.29 is 19.0 Å². The van der Waals surface area contributed by atoms with Crippen molar-refractivity contribution in [2.45, 2.75) is 0 Å². The first-order valence-electron chi connectivity index (χ1n) is 5.21. The summed E-state index contributed by atoms with van der Waals surface area (Å²) in [6.07, 6.45) is 5.03. The molecule has 1 aromatic rings. The van der Waals surface area contributed by atoms with Crippen LogP contribution in [0.25, 0.3) is 0 Å². The summed E-state index contributed by atoms with van der Waals surface area (Å²) in [5.74, 6) is 3.31. The molecule has 5 heteroatoms. The van der Waals surface area contributed by atoms with Gasteiger partial charge in [-0.3, -0.25) is 4.79 Å². The fourth-order valence-electron chi connectivity index (χ4n) is 1.25. The molecule has 96 valence electrons. The van der Waals surface area contributed by atoms with Gasteiger partial charge in [0.25, 0.3) is 5.24 Å². The van der Waals surface area contributed by atoms with E-state index in [1.54, 1.807) is 12.1 Å². The molecule has 0 saturated heterocycles. The molecule has 18 heavy (non-hydrogen) atoms. The number of rotatable bonds is 7. The van der Waals surface area contributed by atoms with Gasteiger partial charge in [0, 0.05) is 5.56 Å². The Kier molecular flexibility index (Phi) is 6.06. The molecular weight excluding hydrogens is 256 g/mol. The topological polar surface area (TPSA) is 44.8 Å². The van der Waals surface area contributed by atoms with Crippen molar-refractivity contribution in [2.75, 3.05) is 26.9 Å². The Hall–Kier alpha value is -1.70. The van der Waals surface area contributed by atoms with E-state index in [2.05, 4.69) is 5.92 Å². The molecule has 0 amide bonds. The third-order valence-corrected chi connectivity index (χ3v) is 2.28. The van der Waals surface area contributed by atoms with Crippen molar-refractivity contribution in [3.63, 3.8) is 0 Å². The average Bonchev–Trinajstić information content (AvgIpc) is 2.38. The number of hydrogen-bond acceptors (Lipinski definition) is 4. The fourth-order valence-corrected chi connectivity index (χ4v) is 1.37. The van der Waals surface area contributed by atoms with Gasteiger partial charge in [0.15, 0.2) is 11.5 Å². The van der Waals surface area contributed by atoms with Gasteiger partial charge >= 0.3 is 0 Å². The first kappa shape index (κ1) is 14.4. The van der Waals surface area contributed by atoms with Gasteiger partial charge in [-0.1, -0.05) is 5.92 Å². The van der Waals surface area contributed by atoms with Crippen LogP contribution in [0.3, 0.4) is 0 Å². The Morgan fingerprint density at radius 2 is 2.17 bits per heavy atom. The minimum Gasteiger partial charge on any atom is -0.493 e. The van der Waals surface area contributed by atoms with Crippen LogP contribution in [0, 0.1) is 12.3 Å². The molecule has 0 bridgehead atoms. The van der Waals surface area contributed by atoms with Gasteiger partial charge in [-0.15, -0.1) is 6.42 Å². The highest BCUT2D eigenvalue weighted by Crippen LogP contribution is 2.28. The molecule has 0 radical (unpaired) electrons. The molecule has 0 heterocycles. The molecule has 1 aromatic carbocycles. The predicted molar refractivity (Wildman–Crippen MR) is 68.3 cm³/mol. The number of terminal acetylenes is 1. The number of hydrogen-bond donors (Lipinski definition) is 0. The van der Waals surface area contributed by atoms with Gasteiger partial charge in [0.2, 0.25) is 0 Å². The Labute approximate surface area is 111 Å². The lowest BCUT2D eigenvalue weighted by molar-refractivity contribution is 0.108. The number of halogens is 1. The molecular formula is C13H13ClO4. The molecule has 0 fully saturated rings. The van der Waals surface area contributed by atoms with Crippen LogP contribution in [0.4, 0.5) is 0 Å². The van der Waals surface area contributed by atoms with Crippen LogP contribution in [-0.2, 0) is 4.74 Å². The number of carbonyl (C=O) groups is 1. The van der Waals surface area contributed by atoms with Crippen molar-refractivity contribution in [3.05, 3.63) is 23.8 Å². The zero-order chi connectivity index (χ0) is 13.4. The molecule has 4 nitrogen and oxygen atoms in total. The van der Waals surface area contributed by atoms with Gasteiger partial charge in [0.05, 0.1) is 13.7 Å². The minimum atomic E-state index is -0.550. The standard InChI is InChI=1S/C13H13ClO4/c1-3-6-17-7-8-18-12-9-10(13(14)15)4-5-11(12)16-2/h1,4-5,9H,6-8H2,2H3. The van der Waals surface area contributed by atoms with E-state index in [4.69, 9.17) is 32.2 Å². The summed E-state index contributed by atoms with van der Waals surface area (Å²) in [5, 5.41) is -0.550. The molecule has 0 unspecified atom stereocenters. The molecule has 0 aromatic heterocycles. The summed E-state index contributed by atoms with van der Waals surface area (Å²) in [6.45, 7) is 0.894. The Morgan fingerprint density at radius 1 is 1.39 bits per heavy atom. The van der Waals surface area contributed by atoms with Gasteiger partial charge in [-0.2, -0.15) is 0 Å². The summed E-state index contributed by atoms with van der Waals surface area (Å²) in [6, 6.07) is 4.71. The van der Waals surface area contributed by atoms with Crippen LogP contribution >= 0.6 is 11.6 Å². The van der Waals surface area contributed by atoms with Gasteiger partial charge in [0.1, 0.15) is 13.2 Å². The van der Waals surface area contributed by atoms with E-state index in [0.29, 0.717) is 30.3 Å². The second-order valence-electron chi connectivity index (χ2n) is 3.24. The number of benzene rings is 1. The van der Waals surface area contributed by atoms with Crippen LogP contribution in [0.1, 0.15) is 10.4 Å². The monoisotopic (exact) mass is 268 g/mol. The van der Waals surface area contributed by atoms with Crippen molar-refractivity contribution >= 4 is 16.8 Å². The summed E-state index contributed by atoms with van der Waals surface area (Å²) < 4.78 is 15.6. The first-order valence-corrected chi connectivity index (χ1v) is 5.58. The van der Waals surface area contributed by atoms with Gasteiger partial charge in [-0.05, 0) is 29.8 Å². The second kappa shape index (κ2) is 7.59. The molecule has 0 spiro atoms. The van der Waals surface area contributed by atoms with E-state index >= 15 is 0 Å². The maximum atomic E-state index is 11.0. The summed E-state index contributed by atoms with van der Waals surface area (Å²) in [5.41, 5.74) is 0.344. The molecule has 1 rings (SSSR count). The van der Waals surface area contributed by atoms with E-state index in [9.17, 15) is 4.79 Å². The smallest absolute Gasteiger partial charge is 0.252 e. The Balaban J connectivity index is 2.64. The first-order chi connectivity index (χ1) is 8.69. The maximum absolute atomic E-state index is 11.0. The van der Waals surface area contributed by atoms with E-state index in [-0.39, 0.29) is 6.61 Å². The Bertz CT molecular complexity index is 451. The highest BCUT2D eigenvalue weighted by Gasteiger charge is 2.09. The number of carbonyl (C=O) groups excluding carboxylic acids is 1. The SMILES string of the molecule is C#CCOCCOc1cc(C(=O)Cl)ccc1OC. The third-order valence-electron chi connectivity index (χ3n) is 2.06. The lowest BCUT2D eigenvalue weighted by atomic mass is 10.2. The lowest BCUT2D eigenvalue weighted by Crippen LogP contribution is -2.08. The van der Waals surface area contributed by atoms with Crippen LogP contribution in [0.5, 0.6) is 11.5 Å². The summed E-state index contributed by atoms with van der Waals surface area (Å²) in [4.78, 5) is 11.0. The zero-order valence-corrected chi connectivity index (χ0v) is 10.7. The quantitative estimate of drug-likeness (QED) is 0.432. The van der Waals surface area contributed by atoms with Crippen LogP contribution < -0.4 is 9.47 Å². The molecule has 0 aliphatic rings.